The Labute approximate surface area is 185 Å². The zero-order chi connectivity index (χ0) is 22.3. The van der Waals surface area contributed by atoms with Crippen LogP contribution in [0.1, 0.15) is 32.3 Å². The van der Waals surface area contributed by atoms with Crippen molar-refractivity contribution in [3.05, 3.63) is 72.3 Å². The summed E-state index contributed by atoms with van der Waals surface area (Å²) in [6.07, 6.45) is 1.52. The van der Waals surface area contributed by atoms with Crippen LogP contribution in [0.3, 0.4) is 0 Å². The lowest BCUT2D eigenvalue weighted by molar-refractivity contribution is 0.269. The SMILES string of the molecule is Cc1ccc(S(=O)(=O)N[C@@H](CCCNC(C)C)COc2ccccc2)c2ccccc12. The van der Waals surface area contributed by atoms with E-state index in [-0.39, 0.29) is 12.6 Å². The summed E-state index contributed by atoms with van der Waals surface area (Å²) in [5, 5.41) is 5.06. The lowest BCUT2D eigenvalue weighted by atomic mass is 10.1. The van der Waals surface area contributed by atoms with E-state index in [0.717, 1.165) is 35.1 Å². The van der Waals surface area contributed by atoms with Gasteiger partial charge in [-0.2, -0.15) is 0 Å². The van der Waals surface area contributed by atoms with Crippen molar-refractivity contribution in [3.8, 4) is 5.75 Å². The van der Waals surface area contributed by atoms with Crippen LogP contribution in [-0.4, -0.2) is 33.7 Å². The molecule has 0 aromatic heterocycles. The van der Waals surface area contributed by atoms with E-state index < -0.39 is 10.0 Å². The molecular weight excluding hydrogens is 408 g/mol. The third-order valence-corrected chi connectivity index (χ3v) is 6.77. The fourth-order valence-corrected chi connectivity index (χ4v) is 5.03. The minimum atomic E-state index is -3.71. The molecule has 2 N–H and O–H groups in total. The summed E-state index contributed by atoms with van der Waals surface area (Å²) in [6, 6.07) is 20.7. The Bertz CT molecular complexity index is 1080. The average Bonchev–Trinajstić information content (AvgIpc) is 2.75. The molecule has 1 atom stereocenters. The zero-order valence-electron chi connectivity index (χ0n) is 18.5. The van der Waals surface area contributed by atoms with Crippen LogP contribution >= 0.6 is 0 Å². The van der Waals surface area contributed by atoms with E-state index in [1.807, 2.05) is 67.6 Å². The maximum absolute atomic E-state index is 13.3. The number of hydrogen-bond acceptors (Lipinski definition) is 4. The van der Waals surface area contributed by atoms with Crippen molar-refractivity contribution in [2.24, 2.45) is 0 Å². The highest BCUT2D eigenvalue weighted by molar-refractivity contribution is 7.89. The van der Waals surface area contributed by atoms with E-state index in [4.69, 9.17) is 4.74 Å². The number of aryl methyl sites for hydroxylation is 1. The maximum Gasteiger partial charge on any atom is 0.241 e. The molecule has 0 saturated heterocycles. The van der Waals surface area contributed by atoms with E-state index >= 15 is 0 Å². The first-order chi connectivity index (χ1) is 14.9. The standard InChI is InChI=1S/C25H32N2O3S/c1-19(2)26-17-9-10-21(18-30-22-11-5-4-6-12-22)27-31(28,29)25-16-15-20(3)23-13-7-8-14-24(23)25/h4-8,11-16,19,21,26-27H,9-10,17-18H2,1-3H3/t21-/m0/s1. The van der Waals surface area contributed by atoms with Gasteiger partial charge in [0.2, 0.25) is 10.0 Å². The number of rotatable bonds is 11. The van der Waals surface area contributed by atoms with Gasteiger partial charge in [0.05, 0.1) is 10.9 Å². The molecule has 5 nitrogen and oxygen atoms in total. The summed E-state index contributed by atoms with van der Waals surface area (Å²) in [5.74, 6) is 0.729. The molecule has 0 radical (unpaired) electrons. The van der Waals surface area contributed by atoms with E-state index in [9.17, 15) is 8.42 Å². The van der Waals surface area contributed by atoms with Gasteiger partial charge in [-0.15, -0.1) is 0 Å². The molecule has 0 heterocycles. The summed E-state index contributed by atoms with van der Waals surface area (Å²) in [7, 11) is -3.71. The van der Waals surface area contributed by atoms with E-state index in [2.05, 4.69) is 23.9 Å². The largest absolute Gasteiger partial charge is 0.492 e. The van der Waals surface area contributed by atoms with Gasteiger partial charge in [-0.05, 0) is 55.5 Å². The number of para-hydroxylation sites is 1. The van der Waals surface area contributed by atoms with Gasteiger partial charge in [0.15, 0.2) is 0 Å². The van der Waals surface area contributed by atoms with Crippen molar-refractivity contribution in [2.45, 2.75) is 50.6 Å². The van der Waals surface area contributed by atoms with Gasteiger partial charge in [-0.1, -0.05) is 62.4 Å². The Morgan fingerprint density at radius 3 is 2.29 bits per heavy atom. The van der Waals surface area contributed by atoms with Crippen molar-refractivity contribution in [2.75, 3.05) is 13.2 Å². The number of sulfonamides is 1. The number of ether oxygens (including phenoxy) is 1. The number of nitrogens with one attached hydrogen (secondary N) is 2. The molecule has 0 aliphatic rings. The fraction of sp³-hybridized carbons (Fsp3) is 0.360. The van der Waals surface area contributed by atoms with Crippen LogP contribution in [0.25, 0.3) is 10.8 Å². The van der Waals surface area contributed by atoms with Gasteiger partial charge in [-0.3, -0.25) is 0 Å². The number of benzene rings is 3. The van der Waals surface area contributed by atoms with Gasteiger partial charge in [-0.25, -0.2) is 13.1 Å². The second kappa shape index (κ2) is 10.8. The number of fused-ring (bicyclic) bond motifs is 1. The average molecular weight is 441 g/mol. The Morgan fingerprint density at radius 2 is 1.58 bits per heavy atom. The monoisotopic (exact) mass is 440 g/mol. The minimum Gasteiger partial charge on any atom is -0.492 e. The molecule has 0 fully saturated rings. The zero-order valence-corrected chi connectivity index (χ0v) is 19.3. The Morgan fingerprint density at radius 1 is 0.903 bits per heavy atom. The number of hydrogen-bond donors (Lipinski definition) is 2. The van der Waals surface area contributed by atoms with Gasteiger partial charge in [0.25, 0.3) is 0 Å². The van der Waals surface area contributed by atoms with Crippen LogP contribution in [0.5, 0.6) is 5.75 Å². The van der Waals surface area contributed by atoms with E-state index in [1.165, 1.54) is 0 Å². The molecule has 166 valence electrons. The Hall–Kier alpha value is -2.41. The third kappa shape index (κ3) is 6.53. The van der Waals surface area contributed by atoms with Gasteiger partial charge >= 0.3 is 0 Å². The lowest BCUT2D eigenvalue weighted by Gasteiger charge is -2.21. The van der Waals surface area contributed by atoms with Crippen molar-refractivity contribution in [3.63, 3.8) is 0 Å². The van der Waals surface area contributed by atoms with Crippen molar-refractivity contribution < 1.29 is 13.2 Å². The molecule has 0 amide bonds. The highest BCUT2D eigenvalue weighted by atomic mass is 32.2. The van der Waals surface area contributed by atoms with Crippen LogP contribution in [-0.2, 0) is 10.0 Å². The molecule has 3 rings (SSSR count). The first-order valence-corrected chi connectivity index (χ1v) is 12.3. The molecule has 0 unspecified atom stereocenters. The van der Waals surface area contributed by atoms with Crippen molar-refractivity contribution in [1.82, 2.24) is 10.0 Å². The van der Waals surface area contributed by atoms with Gasteiger partial charge in [0.1, 0.15) is 12.4 Å². The normalized spacial score (nSPS) is 12.9. The van der Waals surface area contributed by atoms with Crippen LogP contribution in [0.4, 0.5) is 0 Å². The van der Waals surface area contributed by atoms with Crippen LogP contribution in [0.15, 0.2) is 71.6 Å². The van der Waals surface area contributed by atoms with Crippen molar-refractivity contribution in [1.29, 1.82) is 0 Å². The summed E-state index contributed by atoms with van der Waals surface area (Å²) in [5.41, 5.74) is 1.05. The second-order valence-corrected chi connectivity index (χ2v) is 9.80. The third-order valence-electron chi connectivity index (χ3n) is 5.19. The highest BCUT2D eigenvalue weighted by Crippen LogP contribution is 2.26. The van der Waals surface area contributed by atoms with Gasteiger partial charge in [0, 0.05) is 11.4 Å². The minimum absolute atomic E-state index is 0.273. The first-order valence-electron chi connectivity index (χ1n) is 10.8. The summed E-state index contributed by atoms with van der Waals surface area (Å²) in [4.78, 5) is 0.304. The Balaban J connectivity index is 1.79. The summed E-state index contributed by atoms with van der Waals surface area (Å²) < 4.78 is 35.5. The Kier molecular flexibility index (Phi) is 8.07. The molecule has 31 heavy (non-hydrogen) atoms. The molecular formula is C25H32N2O3S. The predicted octanol–water partition coefficient (Wildman–Crippen LogP) is 4.65. The quantitative estimate of drug-likeness (QED) is 0.426. The first kappa shape index (κ1) is 23.3. The van der Waals surface area contributed by atoms with Crippen molar-refractivity contribution >= 4 is 20.8 Å². The van der Waals surface area contributed by atoms with Crippen LogP contribution in [0.2, 0.25) is 0 Å². The summed E-state index contributed by atoms with van der Waals surface area (Å²) >= 11 is 0. The smallest absolute Gasteiger partial charge is 0.241 e. The molecule has 3 aromatic rings. The molecule has 0 bridgehead atoms. The molecule has 0 aliphatic carbocycles. The lowest BCUT2D eigenvalue weighted by Crippen LogP contribution is -2.39. The molecule has 0 saturated carbocycles. The second-order valence-electron chi connectivity index (χ2n) is 8.12. The molecule has 0 spiro atoms. The topological polar surface area (TPSA) is 67.4 Å². The highest BCUT2D eigenvalue weighted by Gasteiger charge is 2.23. The van der Waals surface area contributed by atoms with E-state index in [1.54, 1.807) is 6.07 Å². The predicted molar refractivity (Wildman–Crippen MR) is 127 cm³/mol. The molecule has 6 heteroatoms. The maximum atomic E-state index is 13.3. The summed E-state index contributed by atoms with van der Waals surface area (Å²) in [6.45, 7) is 7.29. The van der Waals surface area contributed by atoms with Gasteiger partial charge < -0.3 is 10.1 Å². The molecule has 3 aromatic carbocycles. The molecule has 0 aliphatic heterocycles. The van der Waals surface area contributed by atoms with Crippen LogP contribution in [0, 0.1) is 6.92 Å². The fourth-order valence-electron chi connectivity index (χ4n) is 3.57. The van der Waals surface area contributed by atoms with Crippen LogP contribution < -0.4 is 14.8 Å². The van der Waals surface area contributed by atoms with E-state index in [0.29, 0.717) is 17.4 Å².